The van der Waals surface area contributed by atoms with Crippen LogP contribution in [0, 0.1) is 5.82 Å². The van der Waals surface area contributed by atoms with Gasteiger partial charge in [-0.15, -0.1) is 11.6 Å². The summed E-state index contributed by atoms with van der Waals surface area (Å²) in [6, 6.07) is 9.11. The molecule has 8 nitrogen and oxygen atoms in total. The Labute approximate surface area is 161 Å². The van der Waals surface area contributed by atoms with Gasteiger partial charge in [0.2, 0.25) is 5.95 Å². The summed E-state index contributed by atoms with van der Waals surface area (Å²) in [5, 5.41) is 9.68. The van der Waals surface area contributed by atoms with Gasteiger partial charge in [-0.25, -0.2) is 19.3 Å². The van der Waals surface area contributed by atoms with E-state index in [1.165, 1.54) is 18.2 Å². The summed E-state index contributed by atoms with van der Waals surface area (Å²) in [5.41, 5.74) is 1.85. The molecule has 0 aliphatic carbocycles. The maximum absolute atomic E-state index is 13.7. The molecule has 10 heteroatoms. The molecule has 0 saturated heterocycles. The highest BCUT2D eigenvalue weighted by Crippen LogP contribution is 2.27. The summed E-state index contributed by atoms with van der Waals surface area (Å²) in [7, 11) is 0. The third kappa shape index (κ3) is 3.39. The van der Waals surface area contributed by atoms with Gasteiger partial charge in [0.1, 0.15) is 12.4 Å². The van der Waals surface area contributed by atoms with Crippen LogP contribution < -0.4 is 10.9 Å². The number of hydrogen-bond acceptors (Lipinski definition) is 5. The molecule has 0 aliphatic heterocycles. The zero-order chi connectivity index (χ0) is 19.7. The molecule has 0 atom stereocenters. The molecule has 2 aromatic carbocycles. The molecule has 4 rings (SSSR count). The van der Waals surface area contributed by atoms with Crippen LogP contribution in [0.2, 0.25) is 0 Å². The number of ether oxygens (including phenoxy) is 1. The Bertz CT molecular complexity index is 1250. The number of anilines is 1. The molecule has 0 bridgehead atoms. The van der Waals surface area contributed by atoms with Crippen LogP contribution in [0.5, 0.6) is 0 Å². The molecule has 2 heterocycles. The van der Waals surface area contributed by atoms with E-state index in [0.717, 1.165) is 0 Å². The summed E-state index contributed by atoms with van der Waals surface area (Å²) >= 11 is 5.47. The van der Waals surface area contributed by atoms with E-state index in [2.05, 4.69) is 25.5 Å². The van der Waals surface area contributed by atoms with Crippen molar-refractivity contribution in [3.63, 3.8) is 0 Å². The number of amides is 1. The fraction of sp³-hybridized carbons (Fsp3) is 0.111. The topological polar surface area (TPSA) is 113 Å². The average molecular weight is 402 g/mol. The Morgan fingerprint density at radius 2 is 2.07 bits per heavy atom. The largest absolute Gasteiger partial charge is 0.448 e. The standard InChI is InChI=1S/C18H13ClFN5O3/c19-5-6-28-18(27)23-17-21-13-4-1-9(7-14(13)22-17)15-12-8-10(20)2-3-11(12)16(26)25-24-15/h1-4,7-8H,5-6H2,(H,25,26)(H2,21,22,23,27). The third-order valence-corrected chi connectivity index (χ3v) is 4.19. The Hall–Kier alpha value is -3.46. The van der Waals surface area contributed by atoms with Crippen molar-refractivity contribution < 1.29 is 13.9 Å². The smallest absolute Gasteiger partial charge is 0.414 e. The summed E-state index contributed by atoms with van der Waals surface area (Å²) in [6.45, 7) is 0.0826. The van der Waals surface area contributed by atoms with Gasteiger partial charge in [-0.3, -0.25) is 10.1 Å². The predicted octanol–water partition coefficient (Wildman–Crippen LogP) is 3.39. The second-order valence-electron chi connectivity index (χ2n) is 5.86. The minimum atomic E-state index is -0.677. The van der Waals surface area contributed by atoms with Gasteiger partial charge >= 0.3 is 6.09 Å². The normalized spacial score (nSPS) is 11.1. The number of fused-ring (bicyclic) bond motifs is 2. The molecule has 28 heavy (non-hydrogen) atoms. The van der Waals surface area contributed by atoms with E-state index in [1.807, 2.05) is 0 Å². The molecule has 2 aromatic heterocycles. The van der Waals surface area contributed by atoms with Crippen molar-refractivity contribution in [2.45, 2.75) is 0 Å². The third-order valence-electron chi connectivity index (χ3n) is 4.04. The highest BCUT2D eigenvalue weighted by Gasteiger charge is 2.13. The number of hydrogen-bond donors (Lipinski definition) is 3. The van der Waals surface area contributed by atoms with Crippen molar-refractivity contribution in [3.05, 3.63) is 52.6 Å². The second-order valence-corrected chi connectivity index (χ2v) is 6.24. The first-order valence-electron chi connectivity index (χ1n) is 8.23. The molecule has 3 N–H and O–H groups in total. The lowest BCUT2D eigenvalue weighted by atomic mass is 10.0. The number of nitrogens with one attached hydrogen (secondary N) is 3. The number of alkyl halides is 1. The predicted molar refractivity (Wildman–Crippen MR) is 103 cm³/mol. The van der Waals surface area contributed by atoms with Gasteiger partial charge in [0, 0.05) is 10.9 Å². The zero-order valence-corrected chi connectivity index (χ0v) is 15.0. The van der Waals surface area contributed by atoms with Crippen LogP contribution in [0.25, 0.3) is 33.1 Å². The van der Waals surface area contributed by atoms with Gasteiger partial charge in [0.25, 0.3) is 5.56 Å². The number of benzene rings is 2. The van der Waals surface area contributed by atoms with Crippen molar-refractivity contribution in [3.8, 4) is 11.3 Å². The number of carbonyl (C=O) groups is 1. The maximum Gasteiger partial charge on any atom is 0.414 e. The lowest BCUT2D eigenvalue weighted by Crippen LogP contribution is -2.15. The fourth-order valence-corrected chi connectivity index (χ4v) is 2.91. The van der Waals surface area contributed by atoms with E-state index < -0.39 is 17.5 Å². The number of H-pyrrole nitrogens is 2. The molecule has 0 radical (unpaired) electrons. The van der Waals surface area contributed by atoms with Crippen LogP contribution in [0.4, 0.5) is 15.1 Å². The highest BCUT2D eigenvalue weighted by atomic mass is 35.5. The van der Waals surface area contributed by atoms with Crippen LogP contribution >= 0.6 is 11.6 Å². The quantitative estimate of drug-likeness (QED) is 0.454. The number of aromatic amines is 2. The van der Waals surface area contributed by atoms with Gasteiger partial charge in [-0.1, -0.05) is 6.07 Å². The van der Waals surface area contributed by atoms with Gasteiger partial charge in [-0.2, -0.15) is 5.10 Å². The summed E-state index contributed by atoms with van der Waals surface area (Å²) in [5.74, 6) is -0.0709. The monoisotopic (exact) mass is 401 g/mol. The Morgan fingerprint density at radius 1 is 1.21 bits per heavy atom. The molecule has 4 aromatic rings. The lowest BCUT2D eigenvalue weighted by molar-refractivity contribution is 0.168. The van der Waals surface area contributed by atoms with E-state index in [-0.39, 0.29) is 18.4 Å². The maximum atomic E-state index is 13.7. The number of rotatable bonds is 4. The van der Waals surface area contributed by atoms with E-state index >= 15 is 0 Å². The highest BCUT2D eigenvalue weighted by molar-refractivity contribution is 6.18. The van der Waals surface area contributed by atoms with E-state index in [1.54, 1.807) is 18.2 Å². The van der Waals surface area contributed by atoms with Gasteiger partial charge in [0.05, 0.1) is 28.0 Å². The Kier molecular flexibility index (Phi) is 4.66. The molecule has 0 aliphatic rings. The summed E-state index contributed by atoms with van der Waals surface area (Å²) in [4.78, 5) is 30.8. The van der Waals surface area contributed by atoms with Gasteiger partial charge in [0.15, 0.2) is 0 Å². The molecule has 0 spiro atoms. The molecule has 1 amide bonds. The van der Waals surface area contributed by atoms with Crippen molar-refractivity contribution in [2.75, 3.05) is 17.8 Å². The number of halogens is 2. The first-order valence-corrected chi connectivity index (χ1v) is 8.76. The van der Waals surface area contributed by atoms with Crippen molar-refractivity contribution in [1.82, 2.24) is 20.2 Å². The first kappa shape index (κ1) is 17.9. The minimum Gasteiger partial charge on any atom is -0.448 e. The Balaban J connectivity index is 1.74. The summed E-state index contributed by atoms with van der Waals surface area (Å²) in [6.07, 6.45) is -0.677. The SMILES string of the molecule is O=C(Nc1nc2cc(-c3n[nH]c(=O)c4ccc(F)cc34)ccc2[nH]1)OCCCl. The van der Waals surface area contributed by atoms with E-state index in [4.69, 9.17) is 16.3 Å². The van der Waals surface area contributed by atoms with Crippen LogP contribution in [0.3, 0.4) is 0 Å². The Morgan fingerprint density at radius 3 is 2.89 bits per heavy atom. The van der Waals surface area contributed by atoms with Crippen LogP contribution in [0.15, 0.2) is 41.2 Å². The van der Waals surface area contributed by atoms with Gasteiger partial charge in [-0.05, 0) is 30.3 Å². The van der Waals surface area contributed by atoms with Gasteiger partial charge < -0.3 is 9.72 Å². The van der Waals surface area contributed by atoms with Crippen LogP contribution in [0.1, 0.15) is 0 Å². The number of aromatic nitrogens is 4. The second kappa shape index (κ2) is 7.28. The van der Waals surface area contributed by atoms with E-state index in [9.17, 15) is 14.0 Å². The lowest BCUT2D eigenvalue weighted by Gasteiger charge is -2.05. The average Bonchev–Trinajstić information content (AvgIpc) is 3.07. The van der Waals surface area contributed by atoms with Crippen molar-refractivity contribution >= 4 is 45.4 Å². The molecule has 0 saturated carbocycles. The van der Waals surface area contributed by atoms with Crippen LogP contribution in [-0.2, 0) is 4.74 Å². The van der Waals surface area contributed by atoms with Crippen LogP contribution in [-0.4, -0.2) is 38.7 Å². The molecule has 0 unspecified atom stereocenters. The molecular weight excluding hydrogens is 389 g/mol. The van der Waals surface area contributed by atoms with Crippen molar-refractivity contribution in [2.24, 2.45) is 0 Å². The first-order chi connectivity index (χ1) is 13.5. The number of carbonyl (C=O) groups excluding carboxylic acids is 1. The number of nitrogens with zero attached hydrogens (tertiary/aromatic N) is 2. The minimum absolute atomic E-state index is 0.0826. The number of imidazole rings is 1. The van der Waals surface area contributed by atoms with E-state index in [0.29, 0.717) is 33.1 Å². The molecule has 0 fully saturated rings. The zero-order valence-electron chi connectivity index (χ0n) is 14.3. The fourth-order valence-electron chi connectivity index (χ4n) is 2.83. The molecular formula is C18H13ClFN5O3. The van der Waals surface area contributed by atoms with Crippen molar-refractivity contribution in [1.29, 1.82) is 0 Å². The molecule has 142 valence electrons. The summed E-state index contributed by atoms with van der Waals surface area (Å²) < 4.78 is 18.5.